The minimum atomic E-state index is -3.34. The lowest BCUT2D eigenvalue weighted by molar-refractivity contribution is 0.327. The van der Waals surface area contributed by atoms with Crippen molar-refractivity contribution in [2.75, 3.05) is 23.6 Å². The van der Waals surface area contributed by atoms with Gasteiger partial charge < -0.3 is 10.1 Å². The molecule has 106 valence electrons. The average molecular weight is 285 g/mol. The molecule has 0 radical (unpaired) electrons. The van der Waals surface area contributed by atoms with Crippen molar-refractivity contribution in [3.8, 4) is 5.88 Å². The van der Waals surface area contributed by atoms with E-state index in [-0.39, 0.29) is 11.8 Å². The van der Waals surface area contributed by atoms with Crippen molar-refractivity contribution in [3.05, 3.63) is 18.3 Å². The van der Waals surface area contributed by atoms with Gasteiger partial charge in [0.2, 0.25) is 15.9 Å². The van der Waals surface area contributed by atoms with Crippen LogP contribution in [0.1, 0.15) is 19.8 Å². The molecule has 19 heavy (non-hydrogen) atoms. The first-order chi connectivity index (χ1) is 9.09. The van der Waals surface area contributed by atoms with Crippen LogP contribution in [0.3, 0.4) is 0 Å². The van der Waals surface area contributed by atoms with Crippen LogP contribution in [0, 0.1) is 0 Å². The number of sulfonamides is 1. The highest BCUT2D eigenvalue weighted by molar-refractivity contribution is 7.92. The summed E-state index contributed by atoms with van der Waals surface area (Å²) in [6.45, 7) is 3.29. The van der Waals surface area contributed by atoms with Gasteiger partial charge in [-0.3, -0.25) is 4.72 Å². The SMILES string of the molecule is CCOc1ccc(NS(=O)(=O)CC2CCCN2)cn1. The van der Waals surface area contributed by atoms with Gasteiger partial charge in [0.1, 0.15) is 0 Å². The fourth-order valence-corrected chi connectivity index (χ4v) is 3.44. The Bertz CT molecular complexity index is 495. The first-order valence-corrected chi connectivity index (χ1v) is 8.07. The van der Waals surface area contributed by atoms with Gasteiger partial charge in [-0.15, -0.1) is 0 Å². The summed E-state index contributed by atoms with van der Waals surface area (Å²) in [4.78, 5) is 4.02. The first kappa shape index (κ1) is 14.1. The number of nitrogens with one attached hydrogen (secondary N) is 2. The second kappa shape index (κ2) is 6.21. The van der Waals surface area contributed by atoms with E-state index in [1.807, 2.05) is 6.92 Å². The topological polar surface area (TPSA) is 80.3 Å². The smallest absolute Gasteiger partial charge is 0.234 e. The van der Waals surface area contributed by atoms with Gasteiger partial charge in [-0.2, -0.15) is 0 Å². The van der Waals surface area contributed by atoms with Crippen molar-refractivity contribution in [3.63, 3.8) is 0 Å². The van der Waals surface area contributed by atoms with E-state index in [2.05, 4.69) is 15.0 Å². The van der Waals surface area contributed by atoms with Gasteiger partial charge in [0.15, 0.2) is 0 Å². The number of rotatable bonds is 6. The zero-order valence-corrected chi connectivity index (χ0v) is 11.7. The van der Waals surface area contributed by atoms with Crippen LogP contribution in [0.25, 0.3) is 0 Å². The summed E-state index contributed by atoms with van der Waals surface area (Å²) < 4.78 is 31.6. The molecule has 0 saturated carbocycles. The highest BCUT2D eigenvalue weighted by atomic mass is 32.2. The summed E-state index contributed by atoms with van der Waals surface area (Å²) in [5.41, 5.74) is 0.460. The molecular weight excluding hydrogens is 266 g/mol. The normalized spacial score (nSPS) is 19.3. The third kappa shape index (κ3) is 4.36. The third-order valence-electron chi connectivity index (χ3n) is 2.88. The minimum absolute atomic E-state index is 0.0492. The van der Waals surface area contributed by atoms with Gasteiger partial charge in [-0.1, -0.05) is 0 Å². The van der Waals surface area contributed by atoms with Gasteiger partial charge in [-0.05, 0) is 32.4 Å². The average Bonchev–Trinajstić information content (AvgIpc) is 2.83. The van der Waals surface area contributed by atoms with Crippen LogP contribution in [0.15, 0.2) is 18.3 Å². The fourth-order valence-electron chi connectivity index (χ4n) is 2.06. The maximum absolute atomic E-state index is 12.0. The first-order valence-electron chi connectivity index (χ1n) is 6.42. The standard InChI is InChI=1S/C12H19N3O3S/c1-2-18-12-6-5-10(8-14-12)15-19(16,17)9-11-4-3-7-13-11/h5-6,8,11,13,15H,2-4,7,9H2,1H3. The van der Waals surface area contributed by atoms with Crippen LogP contribution in [-0.2, 0) is 10.0 Å². The second-order valence-corrected chi connectivity index (χ2v) is 6.26. The largest absolute Gasteiger partial charge is 0.478 e. The Morgan fingerprint density at radius 2 is 2.37 bits per heavy atom. The monoisotopic (exact) mass is 285 g/mol. The van der Waals surface area contributed by atoms with Crippen molar-refractivity contribution in [1.29, 1.82) is 0 Å². The van der Waals surface area contributed by atoms with Gasteiger partial charge >= 0.3 is 0 Å². The molecule has 2 rings (SSSR count). The lowest BCUT2D eigenvalue weighted by Gasteiger charge is -2.12. The van der Waals surface area contributed by atoms with Crippen LogP contribution in [0.4, 0.5) is 5.69 Å². The Hall–Kier alpha value is -1.34. The van der Waals surface area contributed by atoms with Crippen LogP contribution >= 0.6 is 0 Å². The molecule has 1 atom stereocenters. The van der Waals surface area contributed by atoms with Gasteiger partial charge in [0.25, 0.3) is 0 Å². The molecule has 6 nitrogen and oxygen atoms in total. The molecule has 1 aromatic heterocycles. The lowest BCUT2D eigenvalue weighted by Crippen LogP contribution is -2.32. The van der Waals surface area contributed by atoms with Crippen LogP contribution < -0.4 is 14.8 Å². The number of aromatic nitrogens is 1. The molecule has 0 amide bonds. The molecule has 1 aliphatic rings. The quantitative estimate of drug-likeness (QED) is 0.814. The Labute approximate surface area is 113 Å². The number of pyridine rings is 1. The maximum Gasteiger partial charge on any atom is 0.234 e. The number of hydrogen-bond acceptors (Lipinski definition) is 5. The molecule has 0 bridgehead atoms. The molecule has 1 aliphatic heterocycles. The fraction of sp³-hybridized carbons (Fsp3) is 0.583. The Morgan fingerprint density at radius 3 is 2.95 bits per heavy atom. The summed E-state index contributed by atoms with van der Waals surface area (Å²) in [5.74, 6) is 0.586. The van der Waals surface area contributed by atoms with E-state index >= 15 is 0 Å². The molecule has 7 heteroatoms. The maximum atomic E-state index is 12.0. The van der Waals surface area contributed by atoms with E-state index < -0.39 is 10.0 Å². The van der Waals surface area contributed by atoms with Crippen LogP contribution in [0.5, 0.6) is 5.88 Å². The summed E-state index contributed by atoms with van der Waals surface area (Å²) in [6.07, 6.45) is 3.40. The van der Waals surface area contributed by atoms with Crippen molar-refractivity contribution >= 4 is 15.7 Å². The molecule has 2 heterocycles. The van der Waals surface area contributed by atoms with Crippen molar-refractivity contribution in [2.24, 2.45) is 0 Å². The summed E-state index contributed by atoms with van der Waals surface area (Å²) in [5, 5.41) is 3.17. The van der Waals surface area contributed by atoms with Crippen molar-refractivity contribution < 1.29 is 13.2 Å². The van der Waals surface area contributed by atoms with E-state index in [1.54, 1.807) is 12.1 Å². The number of ether oxygens (including phenoxy) is 1. The highest BCUT2D eigenvalue weighted by Crippen LogP contribution is 2.14. The molecule has 0 aliphatic carbocycles. The molecule has 0 aromatic carbocycles. The Balaban J connectivity index is 1.94. The third-order valence-corrected chi connectivity index (χ3v) is 4.27. The second-order valence-electron chi connectivity index (χ2n) is 4.49. The lowest BCUT2D eigenvalue weighted by atomic mass is 10.3. The predicted octanol–water partition coefficient (Wildman–Crippen LogP) is 0.974. The predicted molar refractivity (Wildman–Crippen MR) is 73.8 cm³/mol. The Morgan fingerprint density at radius 1 is 1.53 bits per heavy atom. The van der Waals surface area contributed by atoms with E-state index in [4.69, 9.17) is 4.74 Å². The van der Waals surface area contributed by atoms with E-state index in [0.717, 1.165) is 19.4 Å². The van der Waals surface area contributed by atoms with Crippen LogP contribution in [0.2, 0.25) is 0 Å². The molecular formula is C12H19N3O3S. The van der Waals surface area contributed by atoms with E-state index in [1.165, 1.54) is 6.20 Å². The van der Waals surface area contributed by atoms with Gasteiger partial charge in [0.05, 0.1) is 24.2 Å². The number of anilines is 1. The molecule has 1 unspecified atom stereocenters. The van der Waals surface area contributed by atoms with E-state index in [0.29, 0.717) is 18.2 Å². The van der Waals surface area contributed by atoms with Crippen molar-refractivity contribution in [2.45, 2.75) is 25.8 Å². The van der Waals surface area contributed by atoms with Gasteiger partial charge in [0, 0.05) is 12.1 Å². The van der Waals surface area contributed by atoms with Crippen molar-refractivity contribution in [1.82, 2.24) is 10.3 Å². The summed E-state index contributed by atoms with van der Waals surface area (Å²) >= 11 is 0. The number of hydrogen-bond donors (Lipinski definition) is 2. The van der Waals surface area contributed by atoms with Crippen LogP contribution in [-0.4, -0.2) is 38.3 Å². The highest BCUT2D eigenvalue weighted by Gasteiger charge is 2.21. The molecule has 1 saturated heterocycles. The zero-order chi connectivity index (χ0) is 13.7. The van der Waals surface area contributed by atoms with Gasteiger partial charge in [-0.25, -0.2) is 13.4 Å². The minimum Gasteiger partial charge on any atom is -0.478 e. The molecule has 2 N–H and O–H groups in total. The summed E-state index contributed by atoms with van der Waals surface area (Å²) in [7, 11) is -3.34. The molecule has 1 fully saturated rings. The molecule has 1 aromatic rings. The summed E-state index contributed by atoms with van der Waals surface area (Å²) in [6, 6.07) is 3.35. The molecule has 0 spiro atoms. The number of nitrogens with zero attached hydrogens (tertiary/aromatic N) is 1. The van der Waals surface area contributed by atoms with E-state index in [9.17, 15) is 8.42 Å². The zero-order valence-electron chi connectivity index (χ0n) is 10.9. The Kier molecular flexibility index (Phi) is 4.60.